The van der Waals surface area contributed by atoms with Gasteiger partial charge < -0.3 is 9.79 Å². The molecule has 2 unspecified atom stereocenters. The maximum absolute atomic E-state index is 14.1. The molecule has 0 bridgehead atoms. The lowest BCUT2D eigenvalue weighted by molar-refractivity contribution is -0.310. The van der Waals surface area contributed by atoms with Crippen molar-refractivity contribution >= 4 is 7.60 Å². The zero-order valence-electron chi connectivity index (χ0n) is 12.2. The molecule has 0 radical (unpaired) electrons. The molecule has 1 aliphatic rings. The van der Waals surface area contributed by atoms with Crippen molar-refractivity contribution in [3.05, 3.63) is 35.6 Å². The summed E-state index contributed by atoms with van der Waals surface area (Å²) >= 11 is 0. The van der Waals surface area contributed by atoms with Crippen molar-refractivity contribution in [2.75, 3.05) is 0 Å². The van der Waals surface area contributed by atoms with E-state index < -0.39 is 55.0 Å². The molecule has 24 heavy (non-hydrogen) atoms. The summed E-state index contributed by atoms with van der Waals surface area (Å²) in [5, 5.41) is -2.92. The minimum absolute atomic E-state index is 0.00385. The molecule has 0 aliphatic heterocycles. The minimum Gasteiger partial charge on any atom is -0.324 e. The smallest absolute Gasteiger partial charge is 0.324 e. The van der Waals surface area contributed by atoms with Gasteiger partial charge in [-0.15, -0.1) is 0 Å². The molecule has 0 aromatic heterocycles. The molecular formula is C14H15F6O3P. The molecule has 1 aromatic carbocycles. The van der Waals surface area contributed by atoms with Gasteiger partial charge in [-0.25, -0.2) is 4.39 Å². The number of hydrogen-bond donors (Lipinski definition) is 2. The van der Waals surface area contributed by atoms with Gasteiger partial charge in [-0.3, -0.25) is 4.57 Å². The largest absolute Gasteiger partial charge is 0.453 e. The fourth-order valence-corrected chi connectivity index (χ4v) is 5.12. The van der Waals surface area contributed by atoms with Crippen LogP contribution in [0.25, 0.3) is 0 Å². The summed E-state index contributed by atoms with van der Waals surface area (Å²) in [5.74, 6) is -9.33. The van der Waals surface area contributed by atoms with Crippen molar-refractivity contribution in [2.45, 2.75) is 42.9 Å². The average Bonchev–Trinajstić information content (AvgIpc) is 2.45. The summed E-state index contributed by atoms with van der Waals surface area (Å²) in [6, 6.07) is 3.95. The SMILES string of the molecule is O=P(O)(O)C1(c2ccccc2F)CCCCC1C(F)(F)C(F)(F)F. The first-order valence-electron chi connectivity index (χ1n) is 7.11. The number of benzene rings is 1. The van der Waals surface area contributed by atoms with Crippen LogP contribution in [0.5, 0.6) is 0 Å². The van der Waals surface area contributed by atoms with E-state index in [1.54, 1.807) is 0 Å². The predicted octanol–water partition coefficient (Wildman–Crippen LogP) is 4.59. The Morgan fingerprint density at radius 2 is 1.67 bits per heavy atom. The lowest BCUT2D eigenvalue weighted by atomic mass is 9.71. The van der Waals surface area contributed by atoms with Gasteiger partial charge in [0.25, 0.3) is 0 Å². The quantitative estimate of drug-likeness (QED) is 0.600. The van der Waals surface area contributed by atoms with Crippen molar-refractivity contribution in [1.29, 1.82) is 0 Å². The summed E-state index contributed by atoms with van der Waals surface area (Å²) < 4.78 is 93.0. The maximum Gasteiger partial charge on any atom is 0.453 e. The highest BCUT2D eigenvalue weighted by Crippen LogP contribution is 2.70. The number of rotatable bonds is 3. The van der Waals surface area contributed by atoms with Crippen LogP contribution in [0.2, 0.25) is 0 Å². The van der Waals surface area contributed by atoms with Gasteiger partial charge in [-0.1, -0.05) is 31.0 Å². The van der Waals surface area contributed by atoms with Crippen LogP contribution in [-0.4, -0.2) is 21.9 Å². The van der Waals surface area contributed by atoms with Gasteiger partial charge in [0, 0.05) is 5.56 Å². The highest BCUT2D eigenvalue weighted by atomic mass is 31.2. The molecule has 1 saturated carbocycles. The average molecular weight is 376 g/mol. The second-order valence-corrected chi connectivity index (χ2v) is 7.75. The summed E-state index contributed by atoms with van der Waals surface area (Å²) in [6.45, 7) is 0. The fourth-order valence-electron chi connectivity index (χ4n) is 3.47. The molecule has 2 rings (SSSR count). The summed E-state index contributed by atoms with van der Waals surface area (Å²) in [5.41, 5.74) is -0.799. The lowest BCUT2D eigenvalue weighted by Crippen LogP contribution is -2.54. The Kier molecular flexibility index (Phi) is 4.85. The van der Waals surface area contributed by atoms with Crippen LogP contribution in [0.4, 0.5) is 26.3 Å². The second-order valence-electron chi connectivity index (χ2n) is 5.87. The van der Waals surface area contributed by atoms with Crippen molar-refractivity contribution < 1.29 is 40.7 Å². The van der Waals surface area contributed by atoms with Gasteiger partial charge in [-0.2, -0.15) is 22.0 Å². The Labute approximate surface area is 133 Å². The van der Waals surface area contributed by atoms with Crippen LogP contribution in [0.1, 0.15) is 31.2 Å². The van der Waals surface area contributed by atoms with Crippen molar-refractivity contribution in [2.24, 2.45) is 5.92 Å². The van der Waals surface area contributed by atoms with E-state index in [1.165, 1.54) is 0 Å². The topological polar surface area (TPSA) is 57.5 Å². The molecule has 0 spiro atoms. The normalized spacial score (nSPS) is 26.4. The Bertz CT molecular complexity index is 656. The van der Waals surface area contributed by atoms with Gasteiger partial charge in [0.2, 0.25) is 0 Å². The van der Waals surface area contributed by atoms with Crippen LogP contribution in [0.3, 0.4) is 0 Å². The van der Waals surface area contributed by atoms with Crippen LogP contribution in [0.15, 0.2) is 24.3 Å². The van der Waals surface area contributed by atoms with E-state index >= 15 is 0 Å². The Morgan fingerprint density at radius 1 is 1.08 bits per heavy atom. The Hall–Kier alpha value is -1.05. The van der Waals surface area contributed by atoms with Crippen molar-refractivity contribution in [1.82, 2.24) is 0 Å². The van der Waals surface area contributed by atoms with Gasteiger partial charge in [0.05, 0.1) is 5.92 Å². The molecule has 2 atom stereocenters. The van der Waals surface area contributed by atoms with E-state index in [0.29, 0.717) is 0 Å². The van der Waals surface area contributed by atoms with E-state index in [4.69, 9.17) is 0 Å². The van der Waals surface area contributed by atoms with Crippen LogP contribution < -0.4 is 0 Å². The molecule has 2 N–H and O–H groups in total. The molecular weight excluding hydrogens is 361 g/mol. The van der Waals surface area contributed by atoms with Crippen LogP contribution >= 0.6 is 7.60 Å². The maximum atomic E-state index is 14.1. The van der Waals surface area contributed by atoms with Gasteiger partial charge >= 0.3 is 19.7 Å². The summed E-state index contributed by atoms with van der Waals surface area (Å²) in [6.07, 6.45) is -7.49. The number of halogens is 6. The minimum atomic E-state index is -6.00. The van der Waals surface area contributed by atoms with E-state index in [2.05, 4.69) is 0 Å². The zero-order valence-corrected chi connectivity index (χ0v) is 13.1. The lowest BCUT2D eigenvalue weighted by Gasteiger charge is -2.47. The first-order valence-corrected chi connectivity index (χ1v) is 8.72. The monoisotopic (exact) mass is 376 g/mol. The molecule has 10 heteroatoms. The number of alkyl halides is 5. The molecule has 1 aromatic rings. The third-order valence-corrected chi connectivity index (χ3v) is 6.37. The molecule has 136 valence electrons. The number of hydrogen-bond acceptors (Lipinski definition) is 1. The molecule has 0 amide bonds. The first kappa shape index (κ1) is 19.3. The van der Waals surface area contributed by atoms with Crippen molar-refractivity contribution in [3.63, 3.8) is 0 Å². The molecule has 0 heterocycles. The van der Waals surface area contributed by atoms with E-state index in [1.807, 2.05) is 0 Å². The second kappa shape index (κ2) is 6.04. The summed E-state index contributed by atoms with van der Waals surface area (Å²) in [7, 11) is -5.56. The van der Waals surface area contributed by atoms with Crippen molar-refractivity contribution in [3.8, 4) is 0 Å². The molecule has 3 nitrogen and oxygen atoms in total. The van der Waals surface area contributed by atoms with Crippen LogP contribution in [0, 0.1) is 11.7 Å². The third-order valence-electron chi connectivity index (χ3n) is 4.55. The van der Waals surface area contributed by atoms with E-state index in [-0.39, 0.29) is 12.8 Å². The fraction of sp³-hybridized carbons (Fsp3) is 0.571. The third kappa shape index (κ3) is 2.86. The summed E-state index contributed by atoms with van der Waals surface area (Å²) in [4.78, 5) is 19.4. The van der Waals surface area contributed by atoms with E-state index in [9.17, 15) is 40.7 Å². The Morgan fingerprint density at radius 3 is 2.17 bits per heavy atom. The highest BCUT2D eigenvalue weighted by molar-refractivity contribution is 7.53. The van der Waals surface area contributed by atoms with Crippen LogP contribution in [-0.2, 0) is 9.72 Å². The Balaban J connectivity index is 2.77. The highest BCUT2D eigenvalue weighted by Gasteiger charge is 2.71. The van der Waals surface area contributed by atoms with Gasteiger partial charge in [-0.05, 0) is 18.9 Å². The predicted molar refractivity (Wildman–Crippen MR) is 73.1 cm³/mol. The molecule has 1 fully saturated rings. The van der Waals surface area contributed by atoms with Gasteiger partial charge in [0.15, 0.2) is 0 Å². The van der Waals surface area contributed by atoms with E-state index in [0.717, 1.165) is 24.3 Å². The molecule has 1 aliphatic carbocycles. The zero-order chi connectivity index (χ0) is 18.4. The first-order chi connectivity index (χ1) is 10.9. The standard InChI is InChI=1S/C14H15F6O3P/c15-10-6-2-1-5-9(10)12(24(21,22)23)8-4-3-7-11(12)13(16,17)14(18,19)20/h1-2,5-6,11H,3-4,7-8H2,(H2,21,22,23). The molecule has 0 saturated heterocycles. The van der Waals surface area contributed by atoms with Gasteiger partial charge in [0.1, 0.15) is 11.0 Å².